The highest BCUT2D eigenvalue weighted by atomic mass is 16.1. The standard InChI is InChI=1S/C15H20N4O/c1-11-8-12(5-6-16-11)18-15(20)9-13-10-19-7-3-2-4-14(19)17-13/h2-4,7,10-12,16H,5-6,8-9H2,1H3,(H,18,20). The van der Waals surface area contributed by atoms with Gasteiger partial charge in [-0.1, -0.05) is 6.07 Å². The molecule has 5 heteroatoms. The van der Waals surface area contributed by atoms with Crippen molar-refractivity contribution in [3.8, 4) is 0 Å². The first-order valence-electron chi connectivity index (χ1n) is 7.16. The van der Waals surface area contributed by atoms with E-state index in [0.717, 1.165) is 30.7 Å². The van der Waals surface area contributed by atoms with Crippen LogP contribution in [-0.2, 0) is 11.2 Å². The molecule has 1 fully saturated rings. The average molecular weight is 272 g/mol. The Kier molecular flexibility index (Phi) is 3.69. The third kappa shape index (κ3) is 2.99. The van der Waals surface area contributed by atoms with Gasteiger partial charge < -0.3 is 15.0 Å². The van der Waals surface area contributed by atoms with Gasteiger partial charge in [0, 0.05) is 24.5 Å². The molecule has 5 nitrogen and oxygen atoms in total. The number of hydrogen-bond acceptors (Lipinski definition) is 3. The molecule has 0 saturated carbocycles. The van der Waals surface area contributed by atoms with Crippen LogP contribution in [0, 0.1) is 0 Å². The second-order valence-electron chi connectivity index (χ2n) is 5.52. The molecule has 0 aromatic carbocycles. The molecular weight excluding hydrogens is 252 g/mol. The normalized spacial score (nSPS) is 22.9. The number of fused-ring (bicyclic) bond motifs is 1. The fourth-order valence-electron chi connectivity index (χ4n) is 2.78. The zero-order chi connectivity index (χ0) is 13.9. The molecule has 2 atom stereocenters. The molecule has 0 spiro atoms. The van der Waals surface area contributed by atoms with E-state index in [2.05, 4.69) is 22.5 Å². The Bertz CT molecular complexity index is 574. The minimum atomic E-state index is 0.0625. The highest BCUT2D eigenvalue weighted by Gasteiger charge is 2.20. The van der Waals surface area contributed by atoms with Gasteiger partial charge in [0.2, 0.25) is 5.91 Å². The number of aromatic nitrogens is 2. The second-order valence-corrected chi connectivity index (χ2v) is 5.52. The summed E-state index contributed by atoms with van der Waals surface area (Å²) in [5, 5.41) is 6.50. The molecule has 2 N–H and O–H groups in total. The quantitative estimate of drug-likeness (QED) is 0.880. The molecule has 2 aromatic heterocycles. The Morgan fingerprint density at radius 1 is 1.55 bits per heavy atom. The van der Waals surface area contributed by atoms with Crippen LogP contribution < -0.4 is 10.6 Å². The van der Waals surface area contributed by atoms with Gasteiger partial charge in [0.15, 0.2) is 0 Å². The Hall–Kier alpha value is -1.88. The van der Waals surface area contributed by atoms with E-state index in [4.69, 9.17) is 0 Å². The van der Waals surface area contributed by atoms with E-state index in [9.17, 15) is 4.79 Å². The van der Waals surface area contributed by atoms with Crippen molar-refractivity contribution >= 4 is 11.6 Å². The first kappa shape index (κ1) is 13.1. The molecule has 1 aliphatic heterocycles. The van der Waals surface area contributed by atoms with Crippen molar-refractivity contribution in [2.24, 2.45) is 0 Å². The van der Waals surface area contributed by atoms with Gasteiger partial charge in [-0.25, -0.2) is 4.98 Å². The van der Waals surface area contributed by atoms with Gasteiger partial charge in [-0.2, -0.15) is 0 Å². The predicted molar refractivity (Wildman–Crippen MR) is 77.5 cm³/mol. The number of hydrogen-bond donors (Lipinski definition) is 2. The second kappa shape index (κ2) is 5.63. The lowest BCUT2D eigenvalue weighted by Gasteiger charge is -2.28. The predicted octanol–water partition coefficient (Wildman–Crippen LogP) is 1.13. The van der Waals surface area contributed by atoms with Crippen molar-refractivity contribution in [1.29, 1.82) is 0 Å². The molecule has 106 valence electrons. The molecule has 2 unspecified atom stereocenters. The van der Waals surface area contributed by atoms with Gasteiger partial charge >= 0.3 is 0 Å². The summed E-state index contributed by atoms with van der Waals surface area (Å²) < 4.78 is 1.94. The SMILES string of the molecule is CC1CC(NC(=O)Cc2cn3ccccc3n2)CCN1. The zero-order valence-corrected chi connectivity index (χ0v) is 11.7. The smallest absolute Gasteiger partial charge is 0.226 e. The number of piperidine rings is 1. The van der Waals surface area contributed by atoms with Crippen molar-refractivity contribution in [2.45, 2.75) is 38.3 Å². The van der Waals surface area contributed by atoms with E-state index in [1.54, 1.807) is 0 Å². The van der Waals surface area contributed by atoms with E-state index in [1.165, 1.54) is 0 Å². The lowest BCUT2D eigenvalue weighted by molar-refractivity contribution is -0.121. The first-order valence-corrected chi connectivity index (χ1v) is 7.16. The number of pyridine rings is 1. The lowest BCUT2D eigenvalue weighted by atomic mass is 10.0. The maximum absolute atomic E-state index is 12.1. The van der Waals surface area contributed by atoms with Crippen LogP contribution in [0.5, 0.6) is 0 Å². The number of nitrogens with zero attached hydrogens (tertiary/aromatic N) is 2. The molecular formula is C15H20N4O. The van der Waals surface area contributed by atoms with Crippen molar-refractivity contribution in [3.63, 3.8) is 0 Å². The Balaban J connectivity index is 1.60. The summed E-state index contributed by atoms with van der Waals surface area (Å²) in [4.78, 5) is 16.5. The highest BCUT2D eigenvalue weighted by molar-refractivity contribution is 5.78. The Morgan fingerprint density at radius 2 is 2.45 bits per heavy atom. The maximum atomic E-state index is 12.1. The van der Waals surface area contributed by atoms with Crippen LogP contribution in [-0.4, -0.2) is 33.9 Å². The molecule has 3 heterocycles. The molecule has 2 aromatic rings. The number of imidazole rings is 1. The van der Waals surface area contributed by atoms with E-state index < -0.39 is 0 Å². The van der Waals surface area contributed by atoms with Crippen molar-refractivity contribution in [2.75, 3.05) is 6.54 Å². The molecule has 0 radical (unpaired) electrons. The largest absolute Gasteiger partial charge is 0.353 e. The number of carbonyl (C=O) groups is 1. The minimum Gasteiger partial charge on any atom is -0.353 e. The van der Waals surface area contributed by atoms with Gasteiger partial charge in [-0.05, 0) is 38.4 Å². The average Bonchev–Trinajstić information content (AvgIpc) is 2.80. The maximum Gasteiger partial charge on any atom is 0.226 e. The molecule has 20 heavy (non-hydrogen) atoms. The van der Waals surface area contributed by atoms with E-state index >= 15 is 0 Å². The number of carbonyl (C=O) groups excluding carboxylic acids is 1. The molecule has 3 rings (SSSR count). The molecule has 1 saturated heterocycles. The summed E-state index contributed by atoms with van der Waals surface area (Å²) in [5.74, 6) is 0.0625. The van der Waals surface area contributed by atoms with Crippen LogP contribution in [0.4, 0.5) is 0 Å². The fourth-order valence-corrected chi connectivity index (χ4v) is 2.78. The summed E-state index contributed by atoms with van der Waals surface area (Å²) >= 11 is 0. The highest BCUT2D eigenvalue weighted by Crippen LogP contribution is 2.09. The van der Waals surface area contributed by atoms with Crippen molar-refractivity contribution in [3.05, 3.63) is 36.3 Å². The number of rotatable bonds is 3. The third-order valence-corrected chi connectivity index (χ3v) is 3.74. The first-order chi connectivity index (χ1) is 9.70. The summed E-state index contributed by atoms with van der Waals surface area (Å²) in [5.41, 5.74) is 1.70. The molecule has 1 amide bonds. The van der Waals surface area contributed by atoms with Crippen molar-refractivity contribution < 1.29 is 4.79 Å². The van der Waals surface area contributed by atoms with E-state index in [0.29, 0.717) is 12.5 Å². The molecule has 0 bridgehead atoms. The monoisotopic (exact) mass is 272 g/mol. The van der Waals surface area contributed by atoms with Crippen LogP contribution >= 0.6 is 0 Å². The Morgan fingerprint density at radius 3 is 3.25 bits per heavy atom. The third-order valence-electron chi connectivity index (χ3n) is 3.74. The topological polar surface area (TPSA) is 58.4 Å². The van der Waals surface area contributed by atoms with Crippen LogP contribution in [0.1, 0.15) is 25.5 Å². The van der Waals surface area contributed by atoms with Gasteiger partial charge in [0.25, 0.3) is 0 Å². The summed E-state index contributed by atoms with van der Waals surface area (Å²) in [6.07, 6.45) is 6.20. The van der Waals surface area contributed by atoms with Gasteiger partial charge in [0.1, 0.15) is 5.65 Å². The summed E-state index contributed by atoms with van der Waals surface area (Å²) in [7, 11) is 0. The van der Waals surface area contributed by atoms with Crippen molar-refractivity contribution in [1.82, 2.24) is 20.0 Å². The lowest BCUT2D eigenvalue weighted by Crippen LogP contribution is -2.46. The van der Waals surface area contributed by atoms with Crippen LogP contribution in [0.2, 0.25) is 0 Å². The molecule has 0 aliphatic carbocycles. The van der Waals surface area contributed by atoms with Gasteiger partial charge in [-0.15, -0.1) is 0 Å². The van der Waals surface area contributed by atoms with Crippen LogP contribution in [0.15, 0.2) is 30.6 Å². The van der Waals surface area contributed by atoms with Gasteiger partial charge in [-0.3, -0.25) is 4.79 Å². The van der Waals surface area contributed by atoms with Gasteiger partial charge in [0.05, 0.1) is 12.1 Å². The van der Waals surface area contributed by atoms with E-state index in [-0.39, 0.29) is 11.9 Å². The summed E-state index contributed by atoms with van der Waals surface area (Å²) in [6, 6.07) is 6.60. The number of nitrogens with one attached hydrogen (secondary N) is 2. The van der Waals surface area contributed by atoms with E-state index in [1.807, 2.05) is 35.0 Å². The molecule has 1 aliphatic rings. The zero-order valence-electron chi connectivity index (χ0n) is 11.7. The minimum absolute atomic E-state index is 0.0625. The van der Waals surface area contributed by atoms with Crippen LogP contribution in [0.3, 0.4) is 0 Å². The number of amides is 1. The van der Waals surface area contributed by atoms with Crippen LogP contribution in [0.25, 0.3) is 5.65 Å². The Labute approximate surface area is 118 Å². The fraction of sp³-hybridized carbons (Fsp3) is 0.467. The summed E-state index contributed by atoms with van der Waals surface area (Å²) in [6.45, 7) is 3.13.